The van der Waals surface area contributed by atoms with Gasteiger partial charge >= 0.3 is 0 Å². The molecule has 0 saturated carbocycles. The van der Waals surface area contributed by atoms with Crippen molar-refractivity contribution in [1.82, 2.24) is 10.6 Å². The van der Waals surface area contributed by atoms with Gasteiger partial charge in [0.15, 0.2) is 0 Å². The molecule has 5 nitrogen and oxygen atoms in total. The second-order valence-corrected chi connectivity index (χ2v) is 5.75. The van der Waals surface area contributed by atoms with E-state index in [-0.39, 0.29) is 23.6 Å². The van der Waals surface area contributed by atoms with Crippen molar-refractivity contribution in [3.8, 4) is 5.75 Å². The zero-order chi connectivity index (χ0) is 14.7. The van der Waals surface area contributed by atoms with Gasteiger partial charge in [0, 0.05) is 22.5 Å². The molecule has 0 aliphatic carbocycles. The highest BCUT2D eigenvalue weighted by molar-refractivity contribution is 9.10. The van der Waals surface area contributed by atoms with Crippen molar-refractivity contribution < 1.29 is 14.7 Å². The van der Waals surface area contributed by atoms with Crippen LogP contribution in [0.25, 0.3) is 0 Å². The number of nitrogens with one attached hydrogen (secondary N) is 2. The molecule has 0 aromatic heterocycles. The summed E-state index contributed by atoms with van der Waals surface area (Å²) in [6.45, 7) is 1.98. The molecule has 108 valence electrons. The first-order valence-electron chi connectivity index (χ1n) is 6.59. The Morgan fingerprint density at radius 2 is 2.25 bits per heavy atom. The maximum absolute atomic E-state index is 11.8. The standard InChI is InChI=1S/C14H17BrN2O3/c1-2-10(9-7-8(15)3-5-12(9)18)16-11-4-6-13(19)17-14(11)20/h3,5,7,10-11,16,18H,2,4,6H2,1H3,(H,17,19,20). The molecule has 1 heterocycles. The number of carbonyl (C=O) groups is 2. The molecule has 6 heteroatoms. The first-order valence-corrected chi connectivity index (χ1v) is 7.38. The molecular formula is C14H17BrN2O3. The third kappa shape index (κ3) is 3.37. The number of hydrogen-bond acceptors (Lipinski definition) is 4. The summed E-state index contributed by atoms with van der Waals surface area (Å²) in [4.78, 5) is 22.9. The molecule has 1 fully saturated rings. The molecule has 1 saturated heterocycles. The lowest BCUT2D eigenvalue weighted by Crippen LogP contribution is -2.51. The lowest BCUT2D eigenvalue weighted by Gasteiger charge is -2.27. The predicted octanol–water partition coefficient (Wildman–Crippen LogP) is 2.00. The average Bonchev–Trinajstić information content (AvgIpc) is 2.41. The summed E-state index contributed by atoms with van der Waals surface area (Å²) in [6, 6.07) is 4.67. The number of hydrogen-bond donors (Lipinski definition) is 3. The van der Waals surface area contributed by atoms with Crippen LogP contribution >= 0.6 is 15.9 Å². The van der Waals surface area contributed by atoms with E-state index in [4.69, 9.17) is 0 Å². The van der Waals surface area contributed by atoms with Crippen LogP contribution in [0.1, 0.15) is 37.8 Å². The number of imide groups is 1. The summed E-state index contributed by atoms with van der Waals surface area (Å²) < 4.78 is 0.869. The number of rotatable bonds is 4. The van der Waals surface area contributed by atoms with Gasteiger partial charge in [-0.2, -0.15) is 0 Å². The molecule has 1 aliphatic heterocycles. The molecule has 0 bridgehead atoms. The molecule has 20 heavy (non-hydrogen) atoms. The van der Waals surface area contributed by atoms with Crippen LogP contribution in [0.15, 0.2) is 22.7 Å². The SMILES string of the molecule is CCC(NC1CCC(=O)NC1=O)c1cc(Br)ccc1O. The predicted molar refractivity (Wildman–Crippen MR) is 78.1 cm³/mol. The zero-order valence-electron chi connectivity index (χ0n) is 11.1. The molecule has 2 amide bonds. The van der Waals surface area contributed by atoms with Crippen LogP contribution in [-0.4, -0.2) is 23.0 Å². The van der Waals surface area contributed by atoms with Crippen molar-refractivity contribution in [2.24, 2.45) is 0 Å². The number of piperidine rings is 1. The Labute approximate surface area is 125 Å². The van der Waals surface area contributed by atoms with Crippen LogP contribution in [0.4, 0.5) is 0 Å². The molecule has 2 rings (SSSR count). The number of aromatic hydroxyl groups is 1. The maximum atomic E-state index is 11.8. The van der Waals surface area contributed by atoms with E-state index in [1.807, 2.05) is 13.0 Å². The molecule has 3 N–H and O–H groups in total. The second-order valence-electron chi connectivity index (χ2n) is 4.83. The zero-order valence-corrected chi connectivity index (χ0v) is 12.7. The summed E-state index contributed by atoms with van der Waals surface area (Å²) in [5, 5.41) is 15.5. The number of benzene rings is 1. The van der Waals surface area contributed by atoms with Crippen LogP contribution in [0.5, 0.6) is 5.75 Å². The monoisotopic (exact) mass is 340 g/mol. The van der Waals surface area contributed by atoms with Crippen molar-refractivity contribution in [2.45, 2.75) is 38.3 Å². The summed E-state index contributed by atoms with van der Waals surface area (Å²) in [7, 11) is 0. The first-order chi connectivity index (χ1) is 9.51. The number of amides is 2. The van der Waals surface area contributed by atoms with Gasteiger partial charge in [-0.15, -0.1) is 0 Å². The van der Waals surface area contributed by atoms with Crippen molar-refractivity contribution in [3.63, 3.8) is 0 Å². The smallest absolute Gasteiger partial charge is 0.243 e. The van der Waals surface area contributed by atoms with Crippen LogP contribution in [0.3, 0.4) is 0 Å². The quantitative estimate of drug-likeness (QED) is 0.732. The van der Waals surface area contributed by atoms with Gasteiger partial charge in [-0.1, -0.05) is 22.9 Å². The number of phenols is 1. The second kappa shape index (κ2) is 6.37. The molecule has 0 radical (unpaired) electrons. The lowest BCUT2D eigenvalue weighted by molar-refractivity contribution is -0.134. The Hall–Kier alpha value is -1.40. The summed E-state index contributed by atoms with van der Waals surface area (Å²) in [5.41, 5.74) is 0.742. The maximum Gasteiger partial charge on any atom is 0.243 e. The van der Waals surface area contributed by atoms with Gasteiger partial charge in [-0.3, -0.25) is 20.2 Å². The van der Waals surface area contributed by atoms with Gasteiger partial charge in [-0.05, 0) is 31.0 Å². The summed E-state index contributed by atoms with van der Waals surface area (Å²) >= 11 is 3.38. The Balaban J connectivity index is 2.14. The summed E-state index contributed by atoms with van der Waals surface area (Å²) in [6.07, 6.45) is 1.54. The Morgan fingerprint density at radius 1 is 1.50 bits per heavy atom. The van der Waals surface area contributed by atoms with Gasteiger partial charge in [0.1, 0.15) is 5.75 Å². The van der Waals surface area contributed by atoms with Crippen molar-refractivity contribution in [1.29, 1.82) is 0 Å². The third-order valence-electron chi connectivity index (χ3n) is 3.41. The average molecular weight is 341 g/mol. The van der Waals surface area contributed by atoms with E-state index in [1.165, 1.54) is 0 Å². The first kappa shape index (κ1) is 15.0. The van der Waals surface area contributed by atoms with Crippen LogP contribution in [-0.2, 0) is 9.59 Å². The van der Waals surface area contributed by atoms with Gasteiger partial charge < -0.3 is 5.11 Å². The largest absolute Gasteiger partial charge is 0.508 e. The number of phenolic OH excluding ortho intramolecular Hbond substituents is 1. The van der Waals surface area contributed by atoms with Crippen LogP contribution in [0.2, 0.25) is 0 Å². The Morgan fingerprint density at radius 3 is 2.90 bits per heavy atom. The molecule has 2 unspecified atom stereocenters. The minimum atomic E-state index is -0.406. The molecule has 1 aromatic carbocycles. The van der Waals surface area contributed by atoms with Crippen molar-refractivity contribution in [3.05, 3.63) is 28.2 Å². The molecule has 0 spiro atoms. The molecule has 1 aliphatic rings. The van der Waals surface area contributed by atoms with Crippen molar-refractivity contribution >= 4 is 27.7 Å². The van der Waals surface area contributed by atoms with Crippen LogP contribution in [0, 0.1) is 0 Å². The Bertz CT molecular complexity index is 533. The van der Waals surface area contributed by atoms with Crippen molar-refractivity contribution in [2.75, 3.05) is 0 Å². The fourth-order valence-corrected chi connectivity index (χ4v) is 2.71. The molecule has 2 atom stereocenters. The van der Waals surface area contributed by atoms with E-state index >= 15 is 0 Å². The highest BCUT2D eigenvalue weighted by atomic mass is 79.9. The fraction of sp³-hybridized carbons (Fsp3) is 0.429. The third-order valence-corrected chi connectivity index (χ3v) is 3.91. The number of carbonyl (C=O) groups excluding carboxylic acids is 2. The fourth-order valence-electron chi connectivity index (χ4n) is 2.33. The highest BCUT2D eigenvalue weighted by Crippen LogP contribution is 2.30. The minimum absolute atomic E-state index is 0.142. The van der Waals surface area contributed by atoms with E-state index in [0.717, 1.165) is 16.5 Å². The normalized spacial score (nSPS) is 20.6. The number of halogens is 1. The van der Waals surface area contributed by atoms with E-state index in [0.29, 0.717) is 12.8 Å². The summed E-state index contributed by atoms with van der Waals surface area (Å²) in [5.74, 6) is -0.333. The van der Waals surface area contributed by atoms with Crippen LogP contribution < -0.4 is 10.6 Å². The lowest BCUT2D eigenvalue weighted by atomic mass is 9.99. The molecule has 1 aromatic rings. The van der Waals surface area contributed by atoms with E-state index in [1.54, 1.807) is 12.1 Å². The van der Waals surface area contributed by atoms with Gasteiger partial charge in [0.05, 0.1) is 6.04 Å². The Kier molecular flexibility index (Phi) is 4.77. The highest BCUT2D eigenvalue weighted by Gasteiger charge is 2.29. The minimum Gasteiger partial charge on any atom is -0.508 e. The van der Waals surface area contributed by atoms with E-state index in [2.05, 4.69) is 26.6 Å². The van der Waals surface area contributed by atoms with E-state index < -0.39 is 6.04 Å². The van der Waals surface area contributed by atoms with Gasteiger partial charge in [0.25, 0.3) is 0 Å². The topological polar surface area (TPSA) is 78.4 Å². The van der Waals surface area contributed by atoms with Gasteiger partial charge in [-0.25, -0.2) is 0 Å². The van der Waals surface area contributed by atoms with E-state index in [9.17, 15) is 14.7 Å². The van der Waals surface area contributed by atoms with Gasteiger partial charge in [0.2, 0.25) is 11.8 Å². The molecular weight excluding hydrogens is 324 g/mol.